The first-order valence-electron chi connectivity index (χ1n) is 4.60. The minimum Gasteiger partial charge on any atom is -0.390 e. The smallest absolute Gasteiger partial charge is 0.0823 e. The highest BCUT2D eigenvalue weighted by Crippen LogP contribution is 2.18. The van der Waals surface area contributed by atoms with Gasteiger partial charge in [-0.05, 0) is 33.5 Å². The summed E-state index contributed by atoms with van der Waals surface area (Å²) in [7, 11) is 4.14. The molecule has 3 heteroatoms. The summed E-state index contributed by atoms with van der Waals surface area (Å²) in [6, 6.07) is 0. The first kappa shape index (κ1) is 9.96. The zero-order chi connectivity index (χ0) is 8.97. The number of nitrogens with zero attached hydrogens (tertiary/aromatic N) is 1. The maximum absolute atomic E-state index is 9.42. The molecule has 0 aromatic heterocycles. The van der Waals surface area contributed by atoms with Crippen molar-refractivity contribution in [2.24, 2.45) is 5.92 Å². The van der Waals surface area contributed by atoms with Crippen LogP contribution < -0.4 is 0 Å². The molecular formula is C9H19NO2. The van der Waals surface area contributed by atoms with Crippen LogP contribution in [0.25, 0.3) is 0 Å². The number of aliphatic hydroxyl groups is 1. The third-order valence-corrected chi connectivity index (χ3v) is 2.34. The van der Waals surface area contributed by atoms with Crippen LogP contribution in [-0.4, -0.2) is 50.0 Å². The quantitative estimate of drug-likeness (QED) is 0.665. The van der Waals surface area contributed by atoms with Crippen LogP contribution >= 0.6 is 0 Å². The standard InChI is InChI=1S/C9H19NO2/c1-10(2)5-3-4-8-6-12-7-9(8)11/h8-9,11H,3-7H2,1-2H3/t8-,9-/m1/s1. The maximum Gasteiger partial charge on any atom is 0.0823 e. The number of hydrogen-bond acceptors (Lipinski definition) is 3. The summed E-state index contributed by atoms with van der Waals surface area (Å²) < 4.78 is 5.16. The second-order valence-electron chi connectivity index (χ2n) is 3.81. The largest absolute Gasteiger partial charge is 0.390 e. The van der Waals surface area contributed by atoms with Crippen molar-refractivity contribution in [3.8, 4) is 0 Å². The second-order valence-corrected chi connectivity index (χ2v) is 3.81. The Hall–Kier alpha value is -0.120. The molecule has 0 unspecified atom stereocenters. The fourth-order valence-electron chi connectivity index (χ4n) is 1.53. The Balaban J connectivity index is 2.06. The van der Waals surface area contributed by atoms with Crippen molar-refractivity contribution in [1.82, 2.24) is 4.90 Å². The van der Waals surface area contributed by atoms with Crippen molar-refractivity contribution in [3.05, 3.63) is 0 Å². The van der Waals surface area contributed by atoms with Gasteiger partial charge in [0.15, 0.2) is 0 Å². The maximum atomic E-state index is 9.42. The third-order valence-electron chi connectivity index (χ3n) is 2.34. The van der Waals surface area contributed by atoms with Crippen molar-refractivity contribution in [2.45, 2.75) is 18.9 Å². The first-order chi connectivity index (χ1) is 5.70. The number of ether oxygens (including phenoxy) is 1. The van der Waals surface area contributed by atoms with Crippen molar-refractivity contribution >= 4 is 0 Å². The molecular weight excluding hydrogens is 154 g/mol. The van der Waals surface area contributed by atoms with E-state index >= 15 is 0 Å². The normalized spacial score (nSPS) is 30.0. The molecule has 72 valence electrons. The van der Waals surface area contributed by atoms with Crippen molar-refractivity contribution in [1.29, 1.82) is 0 Å². The highest BCUT2D eigenvalue weighted by atomic mass is 16.5. The molecule has 1 heterocycles. The fraction of sp³-hybridized carbons (Fsp3) is 1.00. The number of aliphatic hydroxyl groups excluding tert-OH is 1. The molecule has 0 saturated carbocycles. The van der Waals surface area contributed by atoms with E-state index in [0.717, 1.165) is 26.0 Å². The van der Waals surface area contributed by atoms with E-state index in [0.29, 0.717) is 12.5 Å². The molecule has 1 N–H and O–H groups in total. The van der Waals surface area contributed by atoms with E-state index in [-0.39, 0.29) is 6.10 Å². The topological polar surface area (TPSA) is 32.7 Å². The lowest BCUT2D eigenvalue weighted by molar-refractivity contribution is 0.116. The first-order valence-corrected chi connectivity index (χ1v) is 4.60. The Bertz CT molecular complexity index is 128. The Morgan fingerprint density at radius 2 is 2.17 bits per heavy atom. The van der Waals surface area contributed by atoms with Crippen LogP contribution in [0.4, 0.5) is 0 Å². The molecule has 0 amide bonds. The molecule has 3 nitrogen and oxygen atoms in total. The van der Waals surface area contributed by atoms with Gasteiger partial charge in [0.25, 0.3) is 0 Å². The molecule has 0 spiro atoms. The Labute approximate surface area is 74.3 Å². The zero-order valence-corrected chi connectivity index (χ0v) is 7.99. The van der Waals surface area contributed by atoms with Gasteiger partial charge in [-0.3, -0.25) is 0 Å². The average molecular weight is 173 g/mol. The summed E-state index contributed by atoms with van der Waals surface area (Å²) in [5.74, 6) is 0.380. The molecule has 1 saturated heterocycles. The number of hydrogen-bond donors (Lipinski definition) is 1. The van der Waals surface area contributed by atoms with Gasteiger partial charge in [-0.25, -0.2) is 0 Å². The molecule has 1 rings (SSSR count). The van der Waals surface area contributed by atoms with Gasteiger partial charge in [0.2, 0.25) is 0 Å². The van der Waals surface area contributed by atoms with Gasteiger partial charge in [0.05, 0.1) is 19.3 Å². The fourth-order valence-corrected chi connectivity index (χ4v) is 1.53. The number of rotatable bonds is 4. The van der Waals surface area contributed by atoms with Crippen LogP contribution in [0.1, 0.15) is 12.8 Å². The van der Waals surface area contributed by atoms with Crippen LogP contribution in [0, 0.1) is 5.92 Å². The molecule has 1 aliphatic heterocycles. The summed E-state index contributed by atoms with van der Waals surface area (Å²) in [5.41, 5.74) is 0. The van der Waals surface area contributed by atoms with E-state index in [2.05, 4.69) is 19.0 Å². The van der Waals surface area contributed by atoms with Crippen molar-refractivity contribution in [3.63, 3.8) is 0 Å². The highest BCUT2D eigenvalue weighted by Gasteiger charge is 2.25. The molecule has 12 heavy (non-hydrogen) atoms. The van der Waals surface area contributed by atoms with Gasteiger partial charge < -0.3 is 14.7 Å². The molecule has 0 aromatic carbocycles. The SMILES string of the molecule is CN(C)CCC[C@@H]1COC[C@H]1O. The molecule has 0 aliphatic carbocycles. The van der Waals surface area contributed by atoms with Gasteiger partial charge in [-0.15, -0.1) is 0 Å². The van der Waals surface area contributed by atoms with Gasteiger partial charge in [0, 0.05) is 5.92 Å². The Kier molecular flexibility index (Phi) is 3.98. The predicted octanol–water partition coefficient (Wildman–Crippen LogP) is 0.335. The van der Waals surface area contributed by atoms with E-state index in [4.69, 9.17) is 4.74 Å². The van der Waals surface area contributed by atoms with Crippen LogP contribution in [0.2, 0.25) is 0 Å². The molecule has 1 fully saturated rings. The molecule has 0 aromatic rings. The Morgan fingerprint density at radius 3 is 2.67 bits per heavy atom. The summed E-state index contributed by atoms with van der Waals surface area (Å²) in [6.07, 6.45) is 2.02. The Morgan fingerprint density at radius 1 is 1.42 bits per heavy atom. The van der Waals surface area contributed by atoms with Gasteiger partial charge in [-0.1, -0.05) is 0 Å². The molecule has 1 aliphatic rings. The monoisotopic (exact) mass is 173 g/mol. The lowest BCUT2D eigenvalue weighted by Gasteiger charge is -2.14. The predicted molar refractivity (Wildman–Crippen MR) is 48.1 cm³/mol. The van der Waals surface area contributed by atoms with E-state index < -0.39 is 0 Å². The summed E-state index contributed by atoms with van der Waals surface area (Å²) in [5, 5.41) is 9.42. The summed E-state index contributed by atoms with van der Waals surface area (Å²) in [6.45, 7) is 2.38. The average Bonchev–Trinajstić information content (AvgIpc) is 2.36. The van der Waals surface area contributed by atoms with Crippen LogP contribution in [0.5, 0.6) is 0 Å². The van der Waals surface area contributed by atoms with Gasteiger partial charge >= 0.3 is 0 Å². The molecule has 0 bridgehead atoms. The van der Waals surface area contributed by atoms with E-state index in [9.17, 15) is 5.11 Å². The van der Waals surface area contributed by atoms with Gasteiger partial charge in [0.1, 0.15) is 0 Å². The third kappa shape index (κ3) is 3.09. The highest BCUT2D eigenvalue weighted by molar-refractivity contribution is 4.73. The van der Waals surface area contributed by atoms with E-state index in [1.54, 1.807) is 0 Å². The van der Waals surface area contributed by atoms with Crippen LogP contribution in [0.15, 0.2) is 0 Å². The van der Waals surface area contributed by atoms with Crippen LogP contribution in [-0.2, 0) is 4.74 Å². The van der Waals surface area contributed by atoms with Crippen molar-refractivity contribution < 1.29 is 9.84 Å². The van der Waals surface area contributed by atoms with Gasteiger partial charge in [-0.2, -0.15) is 0 Å². The van der Waals surface area contributed by atoms with E-state index in [1.165, 1.54) is 0 Å². The second kappa shape index (κ2) is 4.80. The summed E-state index contributed by atoms with van der Waals surface area (Å²) in [4.78, 5) is 2.17. The van der Waals surface area contributed by atoms with E-state index in [1.807, 2.05) is 0 Å². The zero-order valence-electron chi connectivity index (χ0n) is 7.99. The minimum absolute atomic E-state index is 0.216. The van der Waals surface area contributed by atoms with Crippen LogP contribution in [0.3, 0.4) is 0 Å². The van der Waals surface area contributed by atoms with Crippen molar-refractivity contribution in [2.75, 3.05) is 33.9 Å². The lowest BCUT2D eigenvalue weighted by Crippen LogP contribution is -2.20. The molecule has 2 atom stereocenters. The minimum atomic E-state index is -0.216. The lowest BCUT2D eigenvalue weighted by atomic mass is 10.0. The summed E-state index contributed by atoms with van der Waals surface area (Å²) >= 11 is 0. The molecule has 0 radical (unpaired) electrons.